The van der Waals surface area contributed by atoms with E-state index in [2.05, 4.69) is 15.5 Å². The number of nitrogens with zero attached hydrogens (tertiary/aromatic N) is 2. The number of thioether (sulfide) groups is 1. The van der Waals surface area contributed by atoms with Crippen molar-refractivity contribution in [2.24, 2.45) is 0 Å². The second kappa shape index (κ2) is 6.20. The molecule has 2 N–H and O–H groups in total. The molecule has 0 aliphatic heterocycles. The summed E-state index contributed by atoms with van der Waals surface area (Å²) in [5.41, 5.74) is 0.208. The van der Waals surface area contributed by atoms with Crippen LogP contribution in [0.5, 0.6) is 0 Å². The molecule has 7 nitrogen and oxygen atoms in total. The van der Waals surface area contributed by atoms with Crippen LogP contribution < -0.4 is 5.32 Å². The van der Waals surface area contributed by atoms with Crippen LogP contribution in [0, 0.1) is 6.92 Å². The fourth-order valence-corrected chi connectivity index (χ4v) is 2.04. The highest BCUT2D eigenvalue weighted by Crippen LogP contribution is 2.18. The second-order valence-corrected chi connectivity index (χ2v) is 4.84. The maximum absolute atomic E-state index is 11.6. The van der Waals surface area contributed by atoms with Gasteiger partial charge in [-0.1, -0.05) is 5.10 Å². The summed E-state index contributed by atoms with van der Waals surface area (Å²) in [6, 6.07) is 6.35. The van der Waals surface area contributed by atoms with Gasteiger partial charge in [-0.15, -0.1) is 16.9 Å². The highest BCUT2D eigenvalue weighted by atomic mass is 32.2. The number of carbonyl (C=O) groups excluding carboxylic acids is 1. The maximum Gasteiger partial charge on any atom is 0.335 e. The smallest absolute Gasteiger partial charge is 0.335 e. The summed E-state index contributed by atoms with van der Waals surface area (Å²) in [5, 5.41) is 18.5. The SMILES string of the molecule is Cc1nnc(NC(=O)CSc2ccc(C(=O)O)cc2)o1. The number of carbonyl (C=O) groups is 2. The van der Waals surface area contributed by atoms with Gasteiger partial charge in [-0.3, -0.25) is 10.1 Å². The van der Waals surface area contributed by atoms with Gasteiger partial charge in [0.2, 0.25) is 11.8 Å². The van der Waals surface area contributed by atoms with E-state index in [1.54, 1.807) is 19.1 Å². The number of carboxylic acids is 1. The summed E-state index contributed by atoms with van der Waals surface area (Å²) in [4.78, 5) is 23.1. The number of hydrogen-bond donors (Lipinski definition) is 2. The van der Waals surface area contributed by atoms with Gasteiger partial charge in [-0.25, -0.2) is 4.79 Å². The van der Waals surface area contributed by atoms with Gasteiger partial charge < -0.3 is 9.52 Å². The Morgan fingerprint density at radius 1 is 1.30 bits per heavy atom. The number of aromatic nitrogens is 2. The lowest BCUT2D eigenvalue weighted by atomic mass is 10.2. The minimum Gasteiger partial charge on any atom is -0.478 e. The molecule has 1 aromatic carbocycles. The first kappa shape index (κ1) is 14.1. The van der Waals surface area contributed by atoms with Crippen molar-refractivity contribution in [2.45, 2.75) is 11.8 Å². The van der Waals surface area contributed by atoms with Gasteiger partial charge in [0.05, 0.1) is 11.3 Å². The minimum atomic E-state index is -0.981. The van der Waals surface area contributed by atoms with E-state index < -0.39 is 5.97 Å². The Kier molecular flexibility index (Phi) is 4.36. The molecule has 0 spiro atoms. The highest BCUT2D eigenvalue weighted by Gasteiger charge is 2.09. The summed E-state index contributed by atoms with van der Waals surface area (Å²) < 4.78 is 5.02. The Morgan fingerprint density at radius 2 is 2.00 bits per heavy atom. The molecule has 2 rings (SSSR count). The predicted molar refractivity (Wildman–Crippen MR) is 71.8 cm³/mol. The molecule has 104 valence electrons. The fourth-order valence-electron chi connectivity index (χ4n) is 1.35. The third-order valence-corrected chi connectivity index (χ3v) is 3.26. The number of nitrogens with one attached hydrogen (secondary N) is 1. The van der Waals surface area contributed by atoms with E-state index in [-0.39, 0.29) is 23.2 Å². The molecule has 1 aromatic heterocycles. The molecule has 20 heavy (non-hydrogen) atoms. The lowest BCUT2D eigenvalue weighted by Gasteiger charge is -2.02. The van der Waals surface area contributed by atoms with Crippen molar-refractivity contribution in [3.63, 3.8) is 0 Å². The first-order valence-electron chi connectivity index (χ1n) is 5.61. The van der Waals surface area contributed by atoms with Crippen molar-refractivity contribution in [3.05, 3.63) is 35.7 Å². The van der Waals surface area contributed by atoms with Crippen molar-refractivity contribution < 1.29 is 19.1 Å². The van der Waals surface area contributed by atoms with Crippen LogP contribution in [-0.2, 0) is 4.79 Å². The number of aryl methyl sites for hydroxylation is 1. The topological polar surface area (TPSA) is 105 Å². The molecule has 2 aromatic rings. The Balaban J connectivity index is 1.85. The minimum absolute atomic E-state index is 0.0642. The van der Waals surface area contributed by atoms with Crippen molar-refractivity contribution >= 4 is 29.7 Å². The van der Waals surface area contributed by atoms with E-state index in [0.29, 0.717) is 5.89 Å². The number of rotatable bonds is 5. The van der Waals surface area contributed by atoms with Crippen molar-refractivity contribution in [3.8, 4) is 0 Å². The molecule has 0 aliphatic carbocycles. The van der Waals surface area contributed by atoms with Crippen molar-refractivity contribution in [2.75, 3.05) is 11.1 Å². The highest BCUT2D eigenvalue weighted by molar-refractivity contribution is 8.00. The molecule has 0 unspecified atom stereocenters. The zero-order valence-corrected chi connectivity index (χ0v) is 11.3. The number of benzene rings is 1. The van der Waals surface area contributed by atoms with Gasteiger partial charge in [0.1, 0.15) is 0 Å². The predicted octanol–water partition coefficient (Wildman–Crippen LogP) is 1.81. The lowest BCUT2D eigenvalue weighted by molar-refractivity contribution is -0.113. The van der Waals surface area contributed by atoms with Crippen molar-refractivity contribution in [1.29, 1.82) is 0 Å². The number of hydrogen-bond acceptors (Lipinski definition) is 6. The van der Waals surface area contributed by atoms with Gasteiger partial charge in [0.15, 0.2) is 0 Å². The average molecular weight is 293 g/mol. The molecular weight excluding hydrogens is 282 g/mol. The van der Waals surface area contributed by atoms with E-state index in [0.717, 1.165) is 4.90 Å². The second-order valence-electron chi connectivity index (χ2n) is 3.79. The molecule has 0 bridgehead atoms. The quantitative estimate of drug-likeness (QED) is 0.810. The van der Waals surface area contributed by atoms with Gasteiger partial charge >= 0.3 is 12.0 Å². The van der Waals surface area contributed by atoms with E-state index in [9.17, 15) is 9.59 Å². The van der Waals surface area contributed by atoms with Crippen LogP contribution in [0.15, 0.2) is 33.6 Å². The summed E-state index contributed by atoms with van der Waals surface area (Å²) in [7, 11) is 0. The average Bonchev–Trinajstić information content (AvgIpc) is 2.82. The first-order valence-corrected chi connectivity index (χ1v) is 6.59. The maximum atomic E-state index is 11.6. The van der Waals surface area contributed by atoms with Crippen LogP contribution in [0.1, 0.15) is 16.2 Å². The first-order chi connectivity index (χ1) is 9.54. The number of aromatic carboxylic acids is 1. The van der Waals surface area contributed by atoms with Crippen LogP contribution >= 0.6 is 11.8 Å². The fraction of sp³-hybridized carbons (Fsp3) is 0.167. The van der Waals surface area contributed by atoms with E-state index in [4.69, 9.17) is 9.52 Å². The molecule has 1 heterocycles. The monoisotopic (exact) mass is 293 g/mol. The Bertz CT molecular complexity index is 624. The van der Waals surface area contributed by atoms with Gasteiger partial charge in [-0.05, 0) is 24.3 Å². The van der Waals surface area contributed by atoms with E-state index in [1.165, 1.54) is 23.9 Å². The molecule has 0 saturated carbocycles. The third-order valence-electron chi connectivity index (χ3n) is 2.24. The molecule has 0 aliphatic rings. The number of amides is 1. The summed E-state index contributed by atoms with van der Waals surface area (Å²) >= 11 is 1.28. The molecular formula is C12H11N3O4S. The summed E-state index contributed by atoms with van der Waals surface area (Å²) in [5.74, 6) is -0.724. The number of carboxylic acid groups (broad SMARTS) is 1. The molecule has 0 atom stereocenters. The largest absolute Gasteiger partial charge is 0.478 e. The molecule has 0 fully saturated rings. The van der Waals surface area contributed by atoms with Gasteiger partial charge in [0, 0.05) is 11.8 Å². The van der Waals surface area contributed by atoms with Crippen molar-refractivity contribution in [1.82, 2.24) is 10.2 Å². The van der Waals surface area contributed by atoms with Crippen LogP contribution in [0.4, 0.5) is 6.01 Å². The van der Waals surface area contributed by atoms with Gasteiger partial charge in [0.25, 0.3) is 0 Å². The summed E-state index contributed by atoms with van der Waals surface area (Å²) in [6.45, 7) is 1.63. The van der Waals surface area contributed by atoms with E-state index in [1.807, 2.05) is 0 Å². The van der Waals surface area contributed by atoms with Crippen LogP contribution in [0.2, 0.25) is 0 Å². The molecule has 1 amide bonds. The molecule has 0 radical (unpaired) electrons. The zero-order valence-electron chi connectivity index (χ0n) is 10.5. The van der Waals surface area contributed by atoms with E-state index >= 15 is 0 Å². The molecule has 8 heteroatoms. The number of anilines is 1. The molecule has 0 saturated heterocycles. The lowest BCUT2D eigenvalue weighted by Crippen LogP contribution is -2.14. The zero-order chi connectivity index (χ0) is 14.5. The van der Waals surface area contributed by atoms with Crippen LogP contribution in [-0.4, -0.2) is 32.9 Å². The Hall–Kier alpha value is -2.35. The standard InChI is InChI=1S/C12H11N3O4S/c1-7-14-15-12(19-7)13-10(16)6-20-9-4-2-8(3-5-9)11(17)18/h2-5H,6H2,1H3,(H,17,18)(H,13,15,16). The Morgan fingerprint density at radius 3 is 2.55 bits per heavy atom. The normalized spacial score (nSPS) is 10.2. The third kappa shape index (κ3) is 3.82. The van der Waals surface area contributed by atoms with Gasteiger partial charge in [-0.2, -0.15) is 0 Å². The summed E-state index contributed by atoms with van der Waals surface area (Å²) in [6.07, 6.45) is 0. The van der Waals surface area contributed by atoms with Crippen LogP contribution in [0.3, 0.4) is 0 Å². The van der Waals surface area contributed by atoms with Crippen LogP contribution in [0.25, 0.3) is 0 Å². The Labute approximate surface area is 118 Å².